The number of nitrogens with one attached hydrogen (secondary N) is 2. The summed E-state index contributed by atoms with van der Waals surface area (Å²) >= 11 is 0. The molecule has 0 aliphatic heterocycles. The van der Waals surface area contributed by atoms with Gasteiger partial charge in [0.25, 0.3) is 5.91 Å². The SMILES string of the molecule is O=C(NCCNS(=O)(=O)c1ccc2ccccc2c1)c1ccco1. The molecule has 3 aromatic rings. The number of benzene rings is 2. The third-order valence-corrected chi connectivity index (χ3v) is 4.94. The maximum atomic E-state index is 12.3. The van der Waals surface area contributed by atoms with Gasteiger partial charge in [-0.05, 0) is 35.0 Å². The molecule has 3 rings (SSSR count). The van der Waals surface area contributed by atoms with Crippen LogP contribution in [0.4, 0.5) is 0 Å². The molecule has 24 heavy (non-hydrogen) atoms. The van der Waals surface area contributed by atoms with Crippen LogP contribution in [0.5, 0.6) is 0 Å². The summed E-state index contributed by atoms with van der Waals surface area (Å²) in [5, 5.41) is 4.41. The van der Waals surface area contributed by atoms with E-state index in [0.29, 0.717) is 0 Å². The van der Waals surface area contributed by atoms with Gasteiger partial charge in [-0.2, -0.15) is 0 Å². The number of rotatable bonds is 6. The highest BCUT2D eigenvalue weighted by molar-refractivity contribution is 7.89. The smallest absolute Gasteiger partial charge is 0.287 e. The first-order valence-corrected chi connectivity index (χ1v) is 8.85. The summed E-state index contributed by atoms with van der Waals surface area (Å²) in [4.78, 5) is 11.9. The lowest BCUT2D eigenvalue weighted by molar-refractivity contribution is 0.0926. The van der Waals surface area contributed by atoms with Crippen LogP contribution in [-0.2, 0) is 10.0 Å². The highest BCUT2D eigenvalue weighted by atomic mass is 32.2. The number of carbonyl (C=O) groups excluding carboxylic acids is 1. The van der Waals surface area contributed by atoms with Gasteiger partial charge in [0.1, 0.15) is 0 Å². The molecule has 0 radical (unpaired) electrons. The van der Waals surface area contributed by atoms with Crippen molar-refractivity contribution in [1.29, 1.82) is 0 Å². The summed E-state index contributed by atoms with van der Waals surface area (Å²) in [7, 11) is -3.63. The van der Waals surface area contributed by atoms with Crippen LogP contribution in [0.1, 0.15) is 10.6 Å². The van der Waals surface area contributed by atoms with Gasteiger partial charge in [-0.1, -0.05) is 30.3 Å². The summed E-state index contributed by atoms with van der Waals surface area (Å²) in [5.74, 6) is -0.197. The Morgan fingerprint density at radius 1 is 0.958 bits per heavy atom. The molecule has 6 nitrogen and oxygen atoms in total. The molecule has 0 saturated heterocycles. The Morgan fingerprint density at radius 3 is 2.50 bits per heavy atom. The van der Waals surface area contributed by atoms with Crippen LogP contribution in [0.3, 0.4) is 0 Å². The Balaban J connectivity index is 1.60. The zero-order valence-corrected chi connectivity index (χ0v) is 13.5. The lowest BCUT2D eigenvalue weighted by atomic mass is 10.1. The van der Waals surface area contributed by atoms with Crippen molar-refractivity contribution in [2.75, 3.05) is 13.1 Å². The van der Waals surface area contributed by atoms with Crippen LogP contribution >= 0.6 is 0 Å². The van der Waals surface area contributed by atoms with E-state index < -0.39 is 10.0 Å². The molecule has 1 amide bonds. The number of sulfonamides is 1. The van der Waals surface area contributed by atoms with E-state index in [1.54, 1.807) is 24.3 Å². The average Bonchev–Trinajstić information content (AvgIpc) is 3.13. The molecule has 0 unspecified atom stereocenters. The molecular weight excluding hydrogens is 328 g/mol. The minimum Gasteiger partial charge on any atom is -0.459 e. The van der Waals surface area contributed by atoms with Gasteiger partial charge in [-0.25, -0.2) is 13.1 Å². The molecule has 0 aliphatic rings. The van der Waals surface area contributed by atoms with Crippen LogP contribution in [0.2, 0.25) is 0 Å². The second kappa shape index (κ2) is 6.86. The quantitative estimate of drug-likeness (QED) is 0.671. The van der Waals surface area contributed by atoms with Crippen molar-refractivity contribution in [3.8, 4) is 0 Å². The lowest BCUT2D eigenvalue weighted by Crippen LogP contribution is -2.34. The third kappa shape index (κ3) is 3.64. The Bertz CT molecular complexity index is 950. The fraction of sp³-hybridized carbons (Fsp3) is 0.118. The summed E-state index contributed by atoms with van der Waals surface area (Å²) in [6, 6.07) is 15.6. The molecule has 0 spiro atoms. The standard InChI is InChI=1S/C17H16N2O4S/c20-17(16-6-3-11-23-16)18-9-10-19-24(21,22)15-8-7-13-4-1-2-5-14(13)12-15/h1-8,11-12,19H,9-10H2,(H,18,20). The topological polar surface area (TPSA) is 88.4 Å². The zero-order valence-electron chi connectivity index (χ0n) is 12.7. The van der Waals surface area contributed by atoms with Gasteiger partial charge >= 0.3 is 0 Å². The highest BCUT2D eigenvalue weighted by Crippen LogP contribution is 2.18. The molecule has 0 atom stereocenters. The van der Waals surface area contributed by atoms with Crippen LogP contribution in [0.25, 0.3) is 10.8 Å². The van der Waals surface area contributed by atoms with E-state index in [-0.39, 0.29) is 29.7 Å². The van der Waals surface area contributed by atoms with Gasteiger partial charge in [0.15, 0.2) is 5.76 Å². The van der Waals surface area contributed by atoms with Crippen LogP contribution < -0.4 is 10.0 Å². The van der Waals surface area contributed by atoms with E-state index in [1.807, 2.05) is 24.3 Å². The predicted octanol–water partition coefficient (Wildman–Crippen LogP) is 2.14. The van der Waals surface area contributed by atoms with Crippen LogP contribution in [0, 0.1) is 0 Å². The van der Waals surface area contributed by atoms with Crippen LogP contribution in [0.15, 0.2) is 70.2 Å². The first-order chi connectivity index (χ1) is 11.6. The monoisotopic (exact) mass is 344 g/mol. The Kier molecular flexibility index (Phi) is 4.64. The molecule has 0 bridgehead atoms. The van der Waals surface area contributed by atoms with E-state index in [0.717, 1.165) is 10.8 Å². The molecular formula is C17H16N2O4S. The molecule has 124 valence electrons. The van der Waals surface area contributed by atoms with Crippen molar-refractivity contribution in [1.82, 2.24) is 10.0 Å². The third-order valence-electron chi connectivity index (χ3n) is 3.48. The van der Waals surface area contributed by atoms with Crippen LogP contribution in [-0.4, -0.2) is 27.4 Å². The van der Waals surface area contributed by atoms with E-state index >= 15 is 0 Å². The fourth-order valence-corrected chi connectivity index (χ4v) is 3.34. The molecule has 1 heterocycles. The molecule has 1 aromatic heterocycles. The zero-order chi connectivity index (χ0) is 17.0. The Hall–Kier alpha value is -2.64. The summed E-state index contributed by atoms with van der Waals surface area (Å²) in [6.45, 7) is 0.244. The Morgan fingerprint density at radius 2 is 1.75 bits per heavy atom. The second-order valence-electron chi connectivity index (χ2n) is 5.14. The van der Waals surface area contributed by atoms with E-state index in [1.165, 1.54) is 12.3 Å². The average molecular weight is 344 g/mol. The van der Waals surface area contributed by atoms with Crippen molar-refractivity contribution in [2.24, 2.45) is 0 Å². The summed E-state index contributed by atoms with van der Waals surface area (Å²) in [5.41, 5.74) is 0. The predicted molar refractivity (Wildman–Crippen MR) is 90.2 cm³/mol. The molecule has 0 aliphatic carbocycles. The van der Waals surface area contributed by atoms with Crippen molar-refractivity contribution in [3.63, 3.8) is 0 Å². The first-order valence-electron chi connectivity index (χ1n) is 7.36. The fourth-order valence-electron chi connectivity index (χ4n) is 2.27. The minimum absolute atomic E-state index is 0.0849. The van der Waals surface area contributed by atoms with Gasteiger partial charge in [-0.15, -0.1) is 0 Å². The van der Waals surface area contributed by atoms with Crippen molar-refractivity contribution in [2.45, 2.75) is 4.90 Å². The van der Waals surface area contributed by atoms with Gasteiger partial charge in [0.05, 0.1) is 11.2 Å². The number of amides is 1. The normalized spacial score (nSPS) is 11.5. The van der Waals surface area contributed by atoms with Gasteiger partial charge in [0, 0.05) is 13.1 Å². The molecule has 2 aromatic carbocycles. The number of hydrogen-bond acceptors (Lipinski definition) is 4. The highest BCUT2D eigenvalue weighted by Gasteiger charge is 2.14. The number of hydrogen-bond donors (Lipinski definition) is 2. The van der Waals surface area contributed by atoms with Crippen molar-refractivity contribution >= 4 is 26.7 Å². The molecule has 2 N–H and O–H groups in total. The minimum atomic E-state index is -3.63. The lowest BCUT2D eigenvalue weighted by Gasteiger charge is -2.08. The second-order valence-corrected chi connectivity index (χ2v) is 6.91. The first kappa shape index (κ1) is 16.2. The van der Waals surface area contributed by atoms with E-state index in [4.69, 9.17) is 4.42 Å². The number of carbonyl (C=O) groups is 1. The molecule has 0 saturated carbocycles. The maximum Gasteiger partial charge on any atom is 0.287 e. The number of furan rings is 1. The summed E-state index contributed by atoms with van der Waals surface area (Å²) < 4.78 is 32.0. The Labute approximate surface area is 139 Å². The van der Waals surface area contributed by atoms with E-state index in [9.17, 15) is 13.2 Å². The van der Waals surface area contributed by atoms with Crippen molar-refractivity contribution in [3.05, 3.63) is 66.6 Å². The maximum absolute atomic E-state index is 12.3. The molecule has 7 heteroatoms. The van der Waals surface area contributed by atoms with Gasteiger partial charge < -0.3 is 9.73 Å². The van der Waals surface area contributed by atoms with Crippen molar-refractivity contribution < 1.29 is 17.6 Å². The van der Waals surface area contributed by atoms with Gasteiger partial charge in [0.2, 0.25) is 10.0 Å². The summed E-state index contributed by atoms with van der Waals surface area (Å²) in [6.07, 6.45) is 1.40. The van der Waals surface area contributed by atoms with E-state index in [2.05, 4.69) is 10.0 Å². The largest absolute Gasteiger partial charge is 0.459 e. The number of fused-ring (bicyclic) bond motifs is 1. The molecule has 0 fully saturated rings. The van der Waals surface area contributed by atoms with Gasteiger partial charge in [-0.3, -0.25) is 4.79 Å².